The molecular formula is C31H35ClF3N3O6. The molecular weight excluding hydrogens is 603 g/mol. The number of amides is 1. The lowest BCUT2D eigenvalue weighted by atomic mass is 9.82. The van der Waals surface area contributed by atoms with Gasteiger partial charge in [-0.05, 0) is 55.0 Å². The van der Waals surface area contributed by atoms with Crippen LogP contribution in [-0.4, -0.2) is 46.9 Å². The van der Waals surface area contributed by atoms with Gasteiger partial charge in [0.05, 0.1) is 16.9 Å². The van der Waals surface area contributed by atoms with Crippen molar-refractivity contribution in [3.05, 3.63) is 75.2 Å². The fourth-order valence-electron chi connectivity index (χ4n) is 4.74. The number of nitrogens with one attached hydrogen (secondary N) is 1. The van der Waals surface area contributed by atoms with E-state index in [4.69, 9.17) is 21.1 Å². The Bertz CT molecular complexity index is 1550. The van der Waals surface area contributed by atoms with Crippen LogP contribution in [0, 0.1) is 5.41 Å². The number of ether oxygens (including phenoxy) is 2. The number of nitrogens with zero attached hydrogens (tertiary/aromatic N) is 2. The summed E-state index contributed by atoms with van der Waals surface area (Å²) in [6.45, 7) is 3.55. The second-order valence-corrected chi connectivity index (χ2v) is 11.5. The summed E-state index contributed by atoms with van der Waals surface area (Å²) in [4.78, 5) is 51.2. The number of anilines is 1. The number of rotatable bonds is 15. The number of methoxy groups -OCH3 is 1. The van der Waals surface area contributed by atoms with Gasteiger partial charge >= 0.3 is 6.18 Å². The summed E-state index contributed by atoms with van der Waals surface area (Å²) in [6.07, 6.45) is -5.62. The predicted molar refractivity (Wildman–Crippen MR) is 160 cm³/mol. The quantitative estimate of drug-likeness (QED) is 0.155. The first-order valence-electron chi connectivity index (χ1n) is 13.9. The van der Waals surface area contributed by atoms with Crippen molar-refractivity contribution < 1.29 is 37.0 Å². The van der Waals surface area contributed by atoms with Crippen LogP contribution in [0.4, 0.5) is 18.9 Å². The minimum Gasteiger partial charge on any atom is -0.467 e. The van der Waals surface area contributed by atoms with Crippen molar-refractivity contribution in [3.63, 3.8) is 0 Å². The Morgan fingerprint density at radius 1 is 1.02 bits per heavy atom. The summed E-state index contributed by atoms with van der Waals surface area (Å²) in [5.74, 6) is -2.29. The Kier molecular flexibility index (Phi) is 11.6. The molecule has 0 saturated heterocycles. The molecule has 0 aliphatic heterocycles. The van der Waals surface area contributed by atoms with Crippen molar-refractivity contribution in [2.75, 3.05) is 19.2 Å². The third-order valence-electron chi connectivity index (χ3n) is 7.03. The molecule has 0 saturated carbocycles. The van der Waals surface area contributed by atoms with E-state index in [1.165, 1.54) is 22.5 Å². The van der Waals surface area contributed by atoms with E-state index in [0.29, 0.717) is 22.9 Å². The van der Waals surface area contributed by atoms with Gasteiger partial charge in [-0.15, -0.1) is 0 Å². The second-order valence-electron chi connectivity index (χ2n) is 11.1. The highest BCUT2D eigenvalue weighted by Crippen LogP contribution is 2.31. The van der Waals surface area contributed by atoms with Crippen LogP contribution >= 0.6 is 11.6 Å². The first kappa shape index (κ1) is 34.6. The topological polar surface area (TPSA) is 109 Å². The Labute approximate surface area is 257 Å². The van der Waals surface area contributed by atoms with Crippen LogP contribution in [0.2, 0.25) is 5.02 Å². The zero-order valence-electron chi connectivity index (χ0n) is 24.9. The zero-order valence-corrected chi connectivity index (χ0v) is 25.7. The minimum absolute atomic E-state index is 0.0559. The maximum atomic E-state index is 13.5. The lowest BCUT2D eigenvalue weighted by molar-refractivity contribution is -0.171. The van der Waals surface area contributed by atoms with Crippen LogP contribution in [0.15, 0.2) is 53.3 Å². The molecule has 0 spiro atoms. The molecule has 1 aromatic heterocycles. The Morgan fingerprint density at radius 3 is 2.34 bits per heavy atom. The van der Waals surface area contributed by atoms with E-state index < -0.39 is 35.3 Å². The fourth-order valence-corrected chi connectivity index (χ4v) is 4.91. The number of para-hydroxylation sites is 1. The number of benzene rings is 2. The van der Waals surface area contributed by atoms with Crippen LogP contribution < -0.4 is 15.6 Å². The zero-order chi connectivity index (χ0) is 32.7. The van der Waals surface area contributed by atoms with Crippen molar-refractivity contribution in [3.8, 4) is 11.4 Å². The summed E-state index contributed by atoms with van der Waals surface area (Å²) in [5, 5.41) is 3.02. The highest BCUT2D eigenvalue weighted by atomic mass is 35.5. The molecule has 238 valence electrons. The molecule has 3 aromatic rings. The van der Waals surface area contributed by atoms with Gasteiger partial charge in [0.1, 0.15) is 11.4 Å². The number of carbonyl (C=O) groups is 3. The average molecular weight is 638 g/mol. The molecule has 2 aromatic carbocycles. The summed E-state index contributed by atoms with van der Waals surface area (Å²) in [5.41, 5.74) is -0.276. The van der Waals surface area contributed by atoms with Crippen LogP contribution in [-0.2, 0) is 27.8 Å². The summed E-state index contributed by atoms with van der Waals surface area (Å²) < 4.78 is 51.4. The largest absolute Gasteiger partial charge is 0.467 e. The number of hydrogen-bond acceptors (Lipinski definition) is 6. The molecule has 9 nitrogen and oxygen atoms in total. The lowest BCUT2D eigenvalue weighted by Crippen LogP contribution is -2.26. The van der Waals surface area contributed by atoms with Crippen molar-refractivity contribution in [1.82, 2.24) is 9.36 Å². The molecule has 0 fully saturated rings. The maximum absolute atomic E-state index is 13.5. The highest BCUT2D eigenvalue weighted by molar-refractivity contribution is 6.31. The smallest absolute Gasteiger partial charge is 0.449 e. The monoisotopic (exact) mass is 637 g/mol. The Hall–Kier alpha value is -3.90. The number of aromatic nitrogens is 2. The third-order valence-corrected chi connectivity index (χ3v) is 7.26. The van der Waals surface area contributed by atoms with E-state index in [2.05, 4.69) is 5.32 Å². The van der Waals surface area contributed by atoms with Crippen LogP contribution in [0.25, 0.3) is 5.69 Å². The number of carbonyl (C=O) groups excluding carboxylic acids is 3. The highest BCUT2D eigenvalue weighted by Gasteiger charge is 2.37. The normalized spacial score (nSPS) is 11.8. The van der Waals surface area contributed by atoms with Crippen LogP contribution in [0.5, 0.6) is 5.75 Å². The summed E-state index contributed by atoms with van der Waals surface area (Å²) in [7, 11) is 3.01. The van der Waals surface area contributed by atoms with E-state index in [1.807, 2.05) is 0 Å². The molecule has 0 aliphatic carbocycles. The number of halogens is 4. The van der Waals surface area contributed by atoms with Crippen molar-refractivity contribution in [2.45, 2.75) is 58.5 Å². The predicted octanol–water partition coefficient (Wildman–Crippen LogP) is 6.28. The van der Waals surface area contributed by atoms with E-state index >= 15 is 0 Å². The second kappa shape index (κ2) is 14.7. The van der Waals surface area contributed by atoms with Gasteiger partial charge in [-0.3, -0.25) is 23.9 Å². The minimum atomic E-state index is -4.95. The maximum Gasteiger partial charge on any atom is 0.449 e. The summed E-state index contributed by atoms with van der Waals surface area (Å²) >= 11 is 6.09. The number of Topliss-reactive ketones (excluding diaryl/α,β-unsaturated/α-hetero) is 2. The van der Waals surface area contributed by atoms with Gasteiger partial charge in [0.25, 0.3) is 5.56 Å². The van der Waals surface area contributed by atoms with Crippen molar-refractivity contribution >= 4 is 34.8 Å². The lowest BCUT2D eigenvalue weighted by Gasteiger charge is -2.23. The van der Waals surface area contributed by atoms with Crippen molar-refractivity contribution in [2.24, 2.45) is 12.5 Å². The molecule has 0 aliphatic rings. The van der Waals surface area contributed by atoms with Gasteiger partial charge in [0, 0.05) is 38.4 Å². The third kappa shape index (κ3) is 9.06. The van der Waals surface area contributed by atoms with E-state index in [0.717, 1.165) is 0 Å². The van der Waals surface area contributed by atoms with E-state index in [-0.39, 0.29) is 55.2 Å². The van der Waals surface area contributed by atoms with Crippen molar-refractivity contribution in [1.29, 1.82) is 0 Å². The number of alkyl halides is 3. The van der Waals surface area contributed by atoms with Gasteiger partial charge in [-0.2, -0.15) is 13.2 Å². The van der Waals surface area contributed by atoms with Gasteiger partial charge in [-0.25, -0.2) is 4.68 Å². The fraction of sp³-hybridized carbons (Fsp3) is 0.419. The molecule has 0 atom stereocenters. The van der Waals surface area contributed by atoms with Crippen LogP contribution in [0.1, 0.15) is 62.0 Å². The molecule has 1 amide bonds. The number of hydrogen-bond donors (Lipinski definition) is 1. The Balaban J connectivity index is 1.77. The van der Waals surface area contributed by atoms with Gasteiger partial charge in [-0.1, -0.05) is 43.6 Å². The number of ketones is 2. The molecule has 0 unspecified atom stereocenters. The Morgan fingerprint density at radius 2 is 1.70 bits per heavy atom. The van der Waals surface area contributed by atoms with Gasteiger partial charge in [0.2, 0.25) is 11.7 Å². The first-order valence-corrected chi connectivity index (χ1v) is 14.2. The van der Waals surface area contributed by atoms with E-state index in [9.17, 15) is 32.3 Å². The van der Waals surface area contributed by atoms with Gasteiger partial charge < -0.3 is 14.8 Å². The molecule has 1 heterocycles. The average Bonchev–Trinajstić information content (AvgIpc) is 3.18. The van der Waals surface area contributed by atoms with E-state index in [1.54, 1.807) is 63.4 Å². The molecule has 13 heteroatoms. The molecule has 44 heavy (non-hydrogen) atoms. The molecule has 1 N–H and O–H groups in total. The summed E-state index contributed by atoms with van der Waals surface area (Å²) in [6, 6.07) is 13.2. The molecule has 0 radical (unpaired) electrons. The molecule has 3 rings (SSSR count). The standard InChI is InChI=1S/C31H35ClF3N3O6/c1-30(2,16-15-24(39)22-17-20(32)13-14-25(22)44-19-43-4)18-27(41)36-28-23(11-8-12-26(40)31(33,34)35)37(3)38(29(28)42)21-9-6-5-7-10-21/h5-7,9-10,13-14,17H,8,11-12,15-16,18-19H2,1-4H3,(H,36,41). The van der Waals surface area contributed by atoms with Gasteiger partial charge in [0.15, 0.2) is 12.6 Å². The van der Waals surface area contributed by atoms with Crippen LogP contribution in [0.3, 0.4) is 0 Å². The first-order chi connectivity index (χ1) is 20.6. The SMILES string of the molecule is COCOc1ccc(Cl)cc1C(=O)CCC(C)(C)CC(=O)Nc1c(CCCC(=O)C(F)(F)F)n(C)n(-c2ccccc2)c1=O. The molecule has 0 bridgehead atoms.